The summed E-state index contributed by atoms with van der Waals surface area (Å²) in [4.78, 5) is 12.1. The first kappa shape index (κ1) is 16.1. The third kappa shape index (κ3) is 4.03. The highest BCUT2D eigenvalue weighted by Gasteiger charge is 2.16. The molecule has 1 rings (SSSR count). The van der Waals surface area contributed by atoms with Crippen molar-refractivity contribution in [2.24, 2.45) is 0 Å². The predicted octanol–water partition coefficient (Wildman–Crippen LogP) is 1.18. The maximum Gasteiger partial charge on any atom is 0.253 e. The molecule has 6 nitrogen and oxygen atoms in total. The molecule has 0 saturated carbocycles. The van der Waals surface area contributed by atoms with Crippen molar-refractivity contribution >= 4 is 11.6 Å². The van der Waals surface area contributed by atoms with E-state index in [1.165, 1.54) is 14.2 Å². The molecule has 0 bridgehead atoms. The highest BCUT2D eigenvalue weighted by atomic mass is 16.5. The van der Waals surface area contributed by atoms with E-state index in [1.807, 2.05) is 6.92 Å². The van der Waals surface area contributed by atoms with Gasteiger partial charge in [-0.1, -0.05) is 13.3 Å². The molecule has 1 aromatic carbocycles. The number of aliphatic hydroxyl groups is 1. The van der Waals surface area contributed by atoms with Gasteiger partial charge in [0.2, 0.25) is 0 Å². The van der Waals surface area contributed by atoms with Crippen LogP contribution in [0.5, 0.6) is 11.5 Å². The Bertz CT molecular complexity index is 463. The van der Waals surface area contributed by atoms with Gasteiger partial charge in [-0.2, -0.15) is 0 Å². The molecule has 112 valence electrons. The van der Waals surface area contributed by atoms with Crippen LogP contribution in [-0.2, 0) is 0 Å². The highest BCUT2D eigenvalue weighted by molar-refractivity contribution is 6.00. The van der Waals surface area contributed by atoms with Gasteiger partial charge in [-0.25, -0.2) is 0 Å². The van der Waals surface area contributed by atoms with E-state index in [-0.39, 0.29) is 23.7 Å². The van der Waals surface area contributed by atoms with Crippen LogP contribution < -0.4 is 20.5 Å². The fraction of sp³-hybridized carbons (Fsp3) is 0.500. The van der Waals surface area contributed by atoms with Crippen molar-refractivity contribution in [3.63, 3.8) is 0 Å². The molecule has 0 spiro atoms. The van der Waals surface area contributed by atoms with Crippen LogP contribution in [0.2, 0.25) is 0 Å². The van der Waals surface area contributed by atoms with Crippen molar-refractivity contribution in [2.75, 3.05) is 26.5 Å². The number of carbonyl (C=O) groups is 1. The topological polar surface area (TPSA) is 93.8 Å². The van der Waals surface area contributed by atoms with E-state index in [0.717, 1.165) is 6.42 Å². The van der Waals surface area contributed by atoms with Gasteiger partial charge >= 0.3 is 0 Å². The van der Waals surface area contributed by atoms with E-state index < -0.39 is 6.10 Å². The summed E-state index contributed by atoms with van der Waals surface area (Å²) in [6.45, 7) is 2.15. The minimum Gasteiger partial charge on any atom is -0.497 e. The average Bonchev–Trinajstić information content (AvgIpc) is 2.45. The van der Waals surface area contributed by atoms with Crippen LogP contribution in [0.25, 0.3) is 0 Å². The van der Waals surface area contributed by atoms with Crippen LogP contribution in [0, 0.1) is 0 Å². The number of hydrogen-bond donors (Lipinski definition) is 3. The highest BCUT2D eigenvalue weighted by Crippen LogP contribution is 2.30. The molecule has 1 aromatic rings. The van der Waals surface area contributed by atoms with E-state index in [0.29, 0.717) is 17.9 Å². The van der Waals surface area contributed by atoms with Crippen molar-refractivity contribution in [1.29, 1.82) is 0 Å². The number of benzene rings is 1. The molecule has 1 amide bonds. The molecule has 0 aliphatic rings. The molecule has 1 atom stereocenters. The Balaban J connectivity index is 2.86. The van der Waals surface area contributed by atoms with E-state index in [2.05, 4.69) is 5.32 Å². The van der Waals surface area contributed by atoms with Gasteiger partial charge in [-0.15, -0.1) is 0 Å². The Morgan fingerprint density at radius 3 is 2.65 bits per heavy atom. The summed E-state index contributed by atoms with van der Waals surface area (Å²) in [6.07, 6.45) is 0.932. The van der Waals surface area contributed by atoms with Crippen LogP contribution >= 0.6 is 0 Å². The number of amides is 1. The van der Waals surface area contributed by atoms with E-state index in [1.54, 1.807) is 12.1 Å². The predicted molar refractivity (Wildman–Crippen MR) is 77.2 cm³/mol. The smallest absolute Gasteiger partial charge is 0.253 e. The summed E-state index contributed by atoms with van der Waals surface area (Å²) in [5.41, 5.74) is 6.39. The molecule has 4 N–H and O–H groups in total. The van der Waals surface area contributed by atoms with Gasteiger partial charge in [0.25, 0.3) is 5.91 Å². The quantitative estimate of drug-likeness (QED) is 0.653. The summed E-state index contributed by atoms with van der Waals surface area (Å²) in [7, 11) is 2.97. The molecule has 0 aliphatic carbocycles. The number of methoxy groups -OCH3 is 2. The lowest BCUT2D eigenvalue weighted by Crippen LogP contribution is -2.32. The Hall–Kier alpha value is -1.95. The summed E-state index contributed by atoms with van der Waals surface area (Å²) < 4.78 is 10.2. The van der Waals surface area contributed by atoms with Crippen LogP contribution in [0.15, 0.2) is 12.1 Å². The molecular formula is C14H22N2O4. The van der Waals surface area contributed by atoms with Crippen molar-refractivity contribution in [3.05, 3.63) is 17.7 Å². The third-order valence-corrected chi connectivity index (χ3v) is 2.94. The van der Waals surface area contributed by atoms with Gasteiger partial charge in [0.05, 0.1) is 31.6 Å². The molecule has 20 heavy (non-hydrogen) atoms. The second-order valence-corrected chi connectivity index (χ2v) is 4.44. The number of rotatable bonds is 7. The Labute approximate surface area is 118 Å². The van der Waals surface area contributed by atoms with Crippen molar-refractivity contribution in [1.82, 2.24) is 5.32 Å². The van der Waals surface area contributed by atoms with E-state index in [9.17, 15) is 9.90 Å². The zero-order valence-electron chi connectivity index (χ0n) is 12.1. The fourth-order valence-corrected chi connectivity index (χ4v) is 1.82. The molecule has 0 fully saturated rings. The van der Waals surface area contributed by atoms with Gasteiger partial charge in [0.15, 0.2) is 0 Å². The normalized spacial score (nSPS) is 11.8. The molecule has 0 radical (unpaired) electrons. The van der Waals surface area contributed by atoms with Gasteiger partial charge in [0, 0.05) is 12.6 Å². The Morgan fingerprint density at radius 1 is 1.40 bits per heavy atom. The first-order chi connectivity index (χ1) is 9.53. The molecule has 0 aliphatic heterocycles. The van der Waals surface area contributed by atoms with Crippen LogP contribution in [0.4, 0.5) is 5.69 Å². The van der Waals surface area contributed by atoms with Gasteiger partial charge < -0.3 is 25.6 Å². The second kappa shape index (κ2) is 7.59. The van der Waals surface area contributed by atoms with Crippen molar-refractivity contribution in [3.8, 4) is 11.5 Å². The lowest BCUT2D eigenvalue weighted by Gasteiger charge is -2.14. The van der Waals surface area contributed by atoms with Crippen LogP contribution in [0.3, 0.4) is 0 Å². The standard InChI is InChI=1S/C14H22N2O4/c1-4-5-9(17)8-16-14(18)11-6-10(19-2)7-12(20-3)13(11)15/h6-7,9,17H,4-5,8,15H2,1-3H3,(H,16,18). The van der Waals surface area contributed by atoms with Gasteiger partial charge in [-0.3, -0.25) is 4.79 Å². The van der Waals surface area contributed by atoms with Crippen molar-refractivity contribution < 1.29 is 19.4 Å². The molecular weight excluding hydrogens is 260 g/mol. The lowest BCUT2D eigenvalue weighted by atomic mass is 10.1. The fourth-order valence-electron chi connectivity index (χ4n) is 1.82. The maximum absolute atomic E-state index is 12.1. The molecule has 6 heteroatoms. The Kier molecular flexibility index (Phi) is 6.11. The average molecular weight is 282 g/mol. The van der Waals surface area contributed by atoms with Crippen molar-refractivity contribution in [2.45, 2.75) is 25.9 Å². The molecule has 0 aromatic heterocycles. The number of anilines is 1. The summed E-state index contributed by atoms with van der Waals surface area (Å²) in [6, 6.07) is 3.15. The van der Waals surface area contributed by atoms with Crippen LogP contribution in [-0.4, -0.2) is 37.9 Å². The zero-order chi connectivity index (χ0) is 15.1. The van der Waals surface area contributed by atoms with E-state index >= 15 is 0 Å². The lowest BCUT2D eigenvalue weighted by molar-refractivity contribution is 0.0910. The number of hydrogen-bond acceptors (Lipinski definition) is 5. The molecule has 0 heterocycles. The third-order valence-electron chi connectivity index (χ3n) is 2.94. The first-order valence-electron chi connectivity index (χ1n) is 6.51. The number of carbonyl (C=O) groups excluding carboxylic acids is 1. The minimum absolute atomic E-state index is 0.186. The number of nitrogens with one attached hydrogen (secondary N) is 1. The maximum atomic E-state index is 12.1. The first-order valence-corrected chi connectivity index (χ1v) is 6.51. The zero-order valence-corrected chi connectivity index (χ0v) is 12.1. The van der Waals surface area contributed by atoms with Gasteiger partial charge in [0.1, 0.15) is 11.5 Å². The Morgan fingerprint density at radius 2 is 2.10 bits per heavy atom. The summed E-state index contributed by atoms with van der Waals surface area (Å²) in [5, 5.41) is 12.3. The van der Waals surface area contributed by atoms with Crippen LogP contribution in [0.1, 0.15) is 30.1 Å². The van der Waals surface area contributed by atoms with Gasteiger partial charge in [-0.05, 0) is 12.5 Å². The second-order valence-electron chi connectivity index (χ2n) is 4.44. The largest absolute Gasteiger partial charge is 0.497 e. The SMILES string of the molecule is CCCC(O)CNC(=O)c1cc(OC)cc(OC)c1N. The minimum atomic E-state index is -0.558. The number of nitrogens with two attached hydrogens (primary N) is 1. The number of nitrogen functional groups attached to an aromatic ring is 1. The number of aliphatic hydroxyl groups excluding tert-OH is 1. The molecule has 1 unspecified atom stereocenters. The summed E-state index contributed by atoms with van der Waals surface area (Å²) >= 11 is 0. The number of ether oxygens (including phenoxy) is 2. The molecule has 0 saturated heterocycles. The monoisotopic (exact) mass is 282 g/mol. The van der Waals surface area contributed by atoms with E-state index in [4.69, 9.17) is 15.2 Å². The summed E-state index contributed by atoms with van der Waals surface area (Å²) in [5.74, 6) is 0.494.